The van der Waals surface area contributed by atoms with E-state index in [2.05, 4.69) is 6.92 Å². The molecule has 0 rings (SSSR count). The Hall–Kier alpha value is 0.700. The number of nitrogens with two attached hydrogens (primary N) is 1. The largest absolute Gasteiger partial charge is 1.00 e. The van der Waals surface area contributed by atoms with Gasteiger partial charge in [0.2, 0.25) is 0 Å². The molecule has 0 aliphatic carbocycles. The Morgan fingerprint density at radius 1 is 1.57 bits per heavy atom. The molecule has 0 aromatic rings. The van der Waals surface area contributed by atoms with Crippen LogP contribution >= 0.6 is 0 Å². The topological polar surface area (TPSA) is 26.0 Å². The Balaban J connectivity index is 0. The van der Waals surface area contributed by atoms with E-state index in [9.17, 15) is 0 Å². The normalized spacial score (nSPS) is 7.71. The first-order chi connectivity index (χ1) is 2.91. The molecule has 0 saturated carbocycles. The third kappa shape index (κ3) is 10.8. The minimum Gasteiger partial charge on any atom is -0.483 e. The average Bonchev–Trinajstić information content (AvgIpc) is 1.61. The summed E-state index contributed by atoms with van der Waals surface area (Å²) in [6, 6.07) is 0. The Bertz CT molecular complexity index is 20.0. The molecule has 2 heteroatoms. The Morgan fingerprint density at radius 3 is 2.29 bits per heavy atom. The molecule has 0 atom stereocenters. The van der Waals surface area contributed by atoms with Crippen LogP contribution in [0.15, 0.2) is 0 Å². The van der Waals surface area contributed by atoms with Crippen molar-refractivity contribution in [1.29, 1.82) is 0 Å². The fourth-order valence-electron chi connectivity index (χ4n) is 0.322. The molecule has 0 aliphatic rings. The molecule has 0 unspecified atom stereocenters. The average molecular weight is 283 g/mol. The molecule has 48 valence electrons. The molecule has 2 N–H and O–H groups in total. The van der Waals surface area contributed by atoms with Gasteiger partial charge in [0.1, 0.15) is 0 Å². The molecule has 0 radical (unpaired) electrons. The zero-order valence-electron chi connectivity index (χ0n) is 4.58. The van der Waals surface area contributed by atoms with Crippen molar-refractivity contribution in [3.05, 3.63) is 6.54 Å². The molecular formula is C5H12AuN. The smallest absolute Gasteiger partial charge is 0.483 e. The summed E-state index contributed by atoms with van der Waals surface area (Å²) in [5.74, 6) is 0. The van der Waals surface area contributed by atoms with Gasteiger partial charge in [0.25, 0.3) is 0 Å². The summed E-state index contributed by atoms with van der Waals surface area (Å²) in [6.07, 6.45) is 3.54. The van der Waals surface area contributed by atoms with Gasteiger partial charge in [-0.3, -0.25) is 6.54 Å². The third-order valence-corrected chi connectivity index (χ3v) is 0.724. The van der Waals surface area contributed by atoms with E-state index in [1.807, 2.05) is 0 Å². The summed E-state index contributed by atoms with van der Waals surface area (Å²) in [5, 5.41) is 0. The predicted molar refractivity (Wildman–Crippen MR) is 28.0 cm³/mol. The van der Waals surface area contributed by atoms with Gasteiger partial charge in [0.05, 0.1) is 0 Å². The molecule has 1 nitrogen and oxygen atoms in total. The van der Waals surface area contributed by atoms with Crippen molar-refractivity contribution >= 4 is 0 Å². The maximum Gasteiger partial charge on any atom is 1.00 e. The van der Waals surface area contributed by atoms with Crippen molar-refractivity contribution in [2.24, 2.45) is 5.73 Å². The quantitative estimate of drug-likeness (QED) is 0.471. The molecule has 0 saturated heterocycles. The zero-order valence-corrected chi connectivity index (χ0v) is 6.74. The minimum absolute atomic E-state index is 0. The molecule has 7 heavy (non-hydrogen) atoms. The third-order valence-electron chi connectivity index (χ3n) is 0.724. The Labute approximate surface area is 61.2 Å². The molecule has 0 heterocycles. The van der Waals surface area contributed by atoms with Gasteiger partial charge in [-0.1, -0.05) is 19.8 Å². The summed E-state index contributed by atoms with van der Waals surface area (Å²) < 4.78 is 0. The van der Waals surface area contributed by atoms with E-state index in [0.717, 1.165) is 6.42 Å². The summed E-state index contributed by atoms with van der Waals surface area (Å²) in [4.78, 5) is 0. The molecule has 0 spiro atoms. The number of unbranched alkanes of at least 4 members (excludes halogenated alkanes) is 2. The van der Waals surface area contributed by atoms with E-state index in [0.29, 0.717) is 0 Å². The number of hydrogen-bond donors (Lipinski definition) is 1. The van der Waals surface area contributed by atoms with Gasteiger partial charge < -0.3 is 5.73 Å². The van der Waals surface area contributed by atoms with Gasteiger partial charge in [-0.05, 0) is 0 Å². The van der Waals surface area contributed by atoms with Gasteiger partial charge in [-0.2, -0.15) is 6.42 Å². The van der Waals surface area contributed by atoms with Gasteiger partial charge in [0, 0.05) is 0 Å². The van der Waals surface area contributed by atoms with Crippen LogP contribution in [0.3, 0.4) is 0 Å². The summed E-state index contributed by atoms with van der Waals surface area (Å²) >= 11 is 0. The fraction of sp³-hybridized carbons (Fsp3) is 0.800. The second-order valence-corrected chi connectivity index (χ2v) is 1.38. The van der Waals surface area contributed by atoms with Crippen LogP contribution in [0.4, 0.5) is 0 Å². The van der Waals surface area contributed by atoms with Crippen molar-refractivity contribution in [2.75, 3.05) is 0 Å². The molecule has 0 fully saturated rings. The SMILES string of the molecule is CCCC[CH-]N.[Au+]. The van der Waals surface area contributed by atoms with Crippen LogP contribution in [0.2, 0.25) is 0 Å². The van der Waals surface area contributed by atoms with Crippen molar-refractivity contribution in [2.45, 2.75) is 26.2 Å². The van der Waals surface area contributed by atoms with Crippen LogP contribution in [0.5, 0.6) is 0 Å². The van der Waals surface area contributed by atoms with E-state index in [-0.39, 0.29) is 22.4 Å². The molecule has 0 aromatic heterocycles. The molecule has 0 aliphatic heterocycles. The van der Waals surface area contributed by atoms with Crippen LogP contribution in [-0.2, 0) is 22.4 Å². The number of hydrogen-bond acceptors (Lipinski definition) is 1. The summed E-state index contributed by atoms with van der Waals surface area (Å²) in [7, 11) is 0. The number of rotatable bonds is 3. The second-order valence-electron chi connectivity index (χ2n) is 1.38. The fourth-order valence-corrected chi connectivity index (χ4v) is 0.322. The van der Waals surface area contributed by atoms with Crippen LogP contribution in [0.1, 0.15) is 26.2 Å². The van der Waals surface area contributed by atoms with E-state index in [1.165, 1.54) is 12.8 Å². The van der Waals surface area contributed by atoms with Gasteiger partial charge in [-0.25, -0.2) is 0 Å². The predicted octanol–water partition coefficient (Wildman–Crippen LogP) is 1.29. The Kier molecular flexibility index (Phi) is 15.0. The Morgan fingerprint density at radius 2 is 2.14 bits per heavy atom. The van der Waals surface area contributed by atoms with Crippen LogP contribution in [0.25, 0.3) is 0 Å². The van der Waals surface area contributed by atoms with E-state index >= 15 is 0 Å². The van der Waals surface area contributed by atoms with Gasteiger partial charge in [0.15, 0.2) is 0 Å². The van der Waals surface area contributed by atoms with Gasteiger partial charge >= 0.3 is 22.4 Å². The van der Waals surface area contributed by atoms with Crippen molar-refractivity contribution in [3.63, 3.8) is 0 Å². The molecule has 0 aromatic carbocycles. The first-order valence-electron chi connectivity index (χ1n) is 2.45. The minimum atomic E-state index is 0. The van der Waals surface area contributed by atoms with Crippen LogP contribution < -0.4 is 5.73 Å². The van der Waals surface area contributed by atoms with Gasteiger partial charge in [-0.15, -0.1) is 0 Å². The maximum atomic E-state index is 5.09. The first kappa shape index (κ1) is 10.6. The standard InChI is InChI=1S/C5H12N.Au/c1-2-3-4-5-6;/h5H,2-4,6H2,1H3;/q-1;+1. The van der Waals surface area contributed by atoms with Crippen molar-refractivity contribution in [3.8, 4) is 0 Å². The van der Waals surface area contributed by atoms with Crippen molar-refractivity contribution in [1.82, 2.24) is 0 Å². The van der Waals surface area contributed by atoms with Crippen LogP contribution in [0, 0.1) is 6.54 Å². The van der Waals surface area contributed by atoms with Crippen LogP contribution in [-0.4, -0.2) is 0 Å². The maximum absolute atomic E-state index is 5.09. The van der Waals surface area contributed by atoms with E-state index in [4.69, 9.17) is 5.73 Å². The second kappa shape index (κ2) is 9.85. The molecule has 0 bridgehead atoms. The monoisotopic (exact) mass is 283 g/mol. The first-order valence-corrected chi connectivity index (χ1v) is 2.45. The van der Waals surface area contributed by atoms with E-state index < -0.39 is 0 Å². The molecule has 0 amide bonds. The summed E-state index contributed by atoms with van der Waals surface area (Å²) in [6.45, 7) is 3.87. The summed E-state index contributed by atoms with van der Waals surface area (Å²) in [5.41, 5.74) is 5.09. The molecular weight excluding hydrogens is 271 g/mol. The van der Waals surface area contributed by atoms with Crippen molar-refractivity contribution < 1.29 is 22.4 Å². The zero-order chi connectivity index (χ0) is 4.83. The van der Waals surface area contributed by atoms with E-state index in [1.54, 1.807) is 6.54 Å².